The first kappa shape index (κ1) is 14.4. The Bertz CT molecular complexity index is 260. The van der Waals surface area contributed by atoms with E-state index in [1.165, 1.54) is 6.92 Å². The van der Waals surface area contributed by atoms with Crippen LogP contribution in [0.25, 0.3) is 0 Å². The lowest BCUT2D eigenvalue weighted by molar-refractivity contribution is -0.243. The van der Waals surface area contributed by atoms with Gasteiger partial charge in [0.15, 0.2) is 6.29 Å². The molecule has 1 amide bonds. The standard InChI is InChI=1S/C11H21NO5/c1-4-16-10-6(2)8(5-13)17-11(15)9(10)12-7(3)14/h6,8-11,13,15H,4-5H2,1-3H3,(H,12,14)/t6-,8?,9?,10-,11?/m1/s1. The number of aliphatic hydroxyl groups is 2. The molecule has 1 aliphatic rings. The molecule has 3 N–H and O–H groups in total. The Morgan fingerprint density at radius 3 is 2.65 bits per heavy atom. The van der Waals surface area contributed by atoms with Crippen LogP contribution in [0.4, 0.5) is 0 Å². The summed E-state index contributed by atoms with van der Waals surface area (Å²) in [5, 5.41) is 21.6. The van der Waals surface area contributed by atoms with E-state index in [-0.39, 0.29) is 24.5 Å². The highest BCUT2D eigenvalue weighted by molar-refractivity contribution is 5.73. The smallest absolute Gasteiger partial charge is 0.217 e. The maximum absolute atomic E-state index is 11.1. The molecule has 0 aliphatic carbocycles. The number of carbonyl (C=O) groups is 1. The average molecular weight is 247 g/mol. The van der Waals surface area contributed by atoms with Crippen LogP contribution in [-0.2, 0) is 14.3 Å². The number of aliphatic hydroxyl groups excluding tert-OH is 2. The number of hydrogen-bond acceptors (Lipinski definition) is 5. The van der Waals surface area contributed by atoms with Crippen LogP contribution in [0.5, 0.6) is 0 Å². The van der Waals surface area contributed by atoms with Gasteiger partial charge in [-0.1, -0.05) is 6.92 Å². The monoisotopic (exact) mass is 247 g/mol. The van der Waals surface area contributed by atoms with Crippen molar-refractivity contribution in [3.8, 4) is 0 Å². The van der Waals surface area contributed by atoms with E-state index in [4.69, 9.17) is 14.6 Å². The zero-order valence-electron chi connectivity index (χ0n) is 10.4. The van der Waals surface area contributed by atoms with E-state index < -0.39 is 18.4 Å². The number of carbonyl (C=O) groups excluding carboxylic acids is 1. The van der Waals surface area contributed by atoms with E-state index in [0.717, 1.165) is 0 Å². The van der Waals surface area contributed by atoms with Crippen LogP contribution < -0.4 is 5.32 Å². The van der Waals surface area contributed by atoms with Gasteiger partial charge in [0.2, 0.25) is 5.91 Å². The Kier molecular flexibility index (Phi) is 5.32. The van der Waals surface area contributed by atoms with E-state index in [1.54, 1.807) is 0 Å². The van der Waals surface area contributed by atoms with Gasteiger partial charge in [-0.15, -0.1) is 0 Å². The summed E-state index contributed by atoms with van der Waals surface area (Å²) < 4.78 is 10.8. The molecule has 6 nitrogen and oxygen atoms in total. The second-order valence-electron chi connectivity index (χ2n) is 4.25. The van der Waals surface area contributed by atoms with Gasteiger partial charge in [-0.25, -0.2) is 0 Å². The van der Waals surface area contributed by atoms with Gasteiger partial charge in [0.25, 0.3) is 0 Å². The third-order valence-corrected chi connectivity index (χ3v) is 2.99. The number of hydrogen-bond donors (Lipinski definition) is 3. The maximum Gasteiger partial charge on any atom is 0.217 e. The molecule has 0 saturated carbocycles. The molecule has 0 aromatic heterocycles. The van der Waals surface area contributed by atoms with Crippen LogP contribution in [0.1, 0.15) is 20.8 Å². The molecule has 0 aromatic carbocycles. The summed E-state index contributed by atoms with van der Waals surface area (Å²) >= 11 is 0. The van der Waals surface area contributed by atoms with Crippen molar-refractivity contribution in [2.75, 3.05) is 13.2 Å². The molecular formula is C11H21NO5. The molecule has 1 saturated heterocycles. The van der Waals surface area contributed by atoms with E-state index in [0.29, 0.717) is 6.61 Å². The molecule has 100 valence electrons. The molecule has 6 heteroatoms. The Balaban J connectivity index is 2.81. The van der Waals surface area contributed by atoms with Gasteiger partial charge in [-0.3, -0.25) is 4.79 Å². The van der Waals surface area contributed by atoms with Crippen molar-refractivity contribution in [1.29, 1.82) is 0 Å². The first-order valence-electron chi connectivity index (χ1n) is 5.84. The van der Waals surface area contributed by atoms with Crippen molar-refractivity contribution in [2.45, 2.75) is 45.3 Å². The minimum atomic E-state index is -1.16. The molecule has 0 bridgehead atoms. The molecule has 0 radical (unpaired) electrons. The minimum absolute atomic E-state index is 0.111. The van der Waals surface area contributed by atoms with Crippen molar-refractivity contribution in [1.82, 2.24) is 5.32 Å². The zero-order valence-corrected chi connectivity index (χ0v) is 10.4. The second kappa shape index (κ2) is 6.30. The Morgan fingerprint density at radius 1 is 1.53 bits per heavy atom. The minimum Gasteiger partial charge on any atom is -0.394 e. The van der Waals surface area contributed by atoms with Crippen LogP contribution in [0.15, 0.2) is 0 Å². The fraction of sp³-hybridized carbons (Fsp3) is 0.909. The maximum atomic E-state index is 11.1. The summed E-state index contributed by atoms with van der Waals surface area (Å²) in [6, 6.07) is -0.606. The summed E-state index contributed by atoms with van der Waals surface area (Å²) in [6.07, 6.45) is -2.01. The van der Waals surface area contributed by atoms with Gasteiger partial charge in [0, 0.05) is 19.4 Å². The van der Waals surface area contributed by atoms with E-state index in [2.05, 4.69) is 5.32 Å². The highest BCUT2D eigenvalue weighted by Gasteiger charge is 2.43. The average Bonchev–Trinajstić information content (AvgIpc) is 2.27. The van der Waals surface area contributed by atoms with Crippen LogP contribution in [0.3, 0.4) is 0 Å². The SMILES string of the molecule is CCO[C@H]1C(NC(C)=O)C(O)OC(CO)[C@H]1C. The van der Waals surface area contributed by atoms with E-state index in [9.17, 15) is 9.90 Å². The Hall–Kier alpha value is -0.690. The predicted molar refractivity (Wildman–Crippen MR) is 60.1 cm³/mol. The molecule has 5 atom stereocenters. The lowest BCUT2D eigenvalue weighted by atomic mass is 9.89. The lowest BCUT2D eigenvalue weighted by Crippen LogP contribution is -2.61. The molecule has 1 heterocycles. The van der Waals surface area contributed by atoms with Gasteiger partial charge in [-0.2, -0.15) is 0 Å². The molecule has 1 fully saturated rings. The van der Waals surface area contributed by atoms with Crippen molar-refractivity contribution in [2.24, 2.45) is 5.92 Å². The number of ether oxygens (including phenoxy) is 2. The molecule has 17 heavy (non-hydrogen) atoms. The third-order valence-electron chi connectivity index (χ3n) is 2.99. The summed E-state index contributed by atoms with van der Waals surface area (Å²) in [6.45, 7) is 5.36. The lowest BCUT2D eigenvalue weighted by Gasteiger charge is -2.43. The van der Waals surface area contributed by atoms with Gasteiger partial charge < -0.3 is 25.0 Å². The van der Waals surface area contributed by atoms with E-state index in [1.807, 2.05) is 13.8 Å². The van der Waals surface area contributed by atoms with Crippen LogP contribution in [-0.4, -0.2) is 53.9 Å². The summed E-state index contributed by atoms with van der Waals surface area (Å²) in [5.41, 5.74) is 0. The molecule has 1 aliphatic heterocycles. The van der Waals surface area contributed by atoms with Crippen molar-refractivity contribution >= 4 is 5.91 Å². The van der Waals surface area contributed by atoms with Crippen molar-refractivity contribution in [3.63, 3.8) is 0 Å². The number of rotatable bonds is 4. The van der Waals surface area contributed by atoms with Crippen LogP contribution in [0.2, 0.25) is 0 Å². The highest BCUT2D eigenvalue weighted by atomic mass is 16.6. The van der Waals surface area contributed by atoms with Gasteiger partial charge in [-0.05, 0) is 6.92 Å². The fourth-order valence-corrected chi connectivity index (χ4v) is 2.13. The largest absolute Gasteiger partial charge is 0.394 e. The molecule has 3 unspecified atom stereocenters. The van der Waals surface area contributed by atoms with Gasteiger partial charge in [0.1, 0.15) is 6.04 Å². The van der Waals surface area contributed by atoms with Crippen molar-refractivity contribution in [3.05, 3.63) is 0 Å². The molecule has 1 rings (SSSR count). The second-order valence-corrected chi connectivity index (χ2v) is 4.25. The van der Waals surface area contributed by atoms with Gasteiger partial charge in [0.05, 0.1) is 18.8 Å². The zero-order chi connectivity index (χ0) is 13.0. The number of amides is 1. The van der Waals surface area contributed by atoms with E-state index >= 15 is 0 Å². The Morgan fingerprint density at radius 2 is 2.18 bits per heavy atom. The summed E-state index contributed by atoms with van der Waals surface area (Å²) in [5.74, 6) is -0.364. The first-order chi connectivity index (χ1) is 8.01. The molecule has 0 aromatic rings. The van der Waals surface area contributed by atoms with Crippen LogP contribution >= 0.6 is 0 Å². The van der Waals surface area contributed by atoms with Crippen LogP contribution in [0, 0.1) is 5.92 Å². The number of nitrogens with one attached hydrogen (secondary N) is 1. The molecule has 0 spiro atoms. The van der Waals surface area contributed by atoms with Gasteiger partial charge >= 0.3 is 0 Å². The highest BCUT2D eigenvalue weighted by Crippen LogP contribution is 2.27. The quantitative estimate of drug-likeness (QED) is 0.608. The third kappa shape index (κ3) is 3.38. The Labute approximate surface area is 101 Å². The normalized spacial score (nSPS) is 37.8. The van der Waals surface area contributed by atoms with Crippen molar-refractivity contribution < 1.29 is 24.5 Å². The fourth-order valence-electron chi connectivity index (χ4n) is 2.13. The molecular weight excluding hydrogens is 226 g/mol. The topological polar surface area (TPSA) is 88.0 Å². The summed E-state index contributed by atoms with van der Waals surface area (Å²) in [7, 11) is 0. The first-order valence-corrected chi connectivity index (χ1v) is 5.84. The predicted octanol–water partition coefficient (Wildman–Crippen LogP) is -0.758. The summed E-state index contributed by atoms with van der Waals surface area (Å²) in [4.78, 5) is 11.1.